The first-order valence-electron chi connectivity index (χ1n) is 7.84. The number of para-hydroxylation sites is 1. The van der Waals surface area contributed by atoms with Gasteiger partial charge in [-0.25, -0.2) is 5.43 Å². The summed E-state index contributed by atoms with van der Waals surface area (Å²) in [5.41, 5.74) is 5.88. The lowest BCUT2D eigenvalue weighted by Crippen LogP contribution is -2.22. The monoisotopic (exact) mass is 334 g/mol. The number of aromatic nitrogens is 1. The second kappa shape index (κ2) is 7.92. The lowest BCUT2D eigenvalue weighted by Gasteiger charge is -2.01. The van der Waals surface area contributed by atoms with Gasteiger partial charge in [-0.2, -0.15) is 5.10 Å². The lowest BCUT2D eigenvalue weighted by molar-refractivity contribution is -0.125. The Bertz CT molecular complexity index is 880. The van der Waals surface area contributed by atoms with E-state index in [2.05, 4.69) is 20.7 Å². The smallest absolute Gasteiger partial charge is 0.280 e. The molecule has 0 bridgehead atoms. The Morgan fingerprint density at radius 1 is 1.16 bits per heavy atom. The molecular formula is C19H18N4O2. The Kier molecular flexibility index (Phi) is 5.21. The third kappa shape index (κ3) is 4.54. The van der Waals surface area contributed by atoms with Crippen molar-refractivity contribution >= 4 is 28.7 Å². The molecule has 0 atom stereocenters. The van der Waals surface area contributed by atoms with Crippen molar-refractivity contribution in [3.63, 3.8) is 0 Å². The molecule has 0 spiro atoms. The maximum Gasteiger partial charge on any atom is 0.280 e. The number of carbonyl (C=O) groups is 1. The van der Waals surface area contributed by atoms with Crippen LogP contribution in [0.4, 0.5) is 0 Å². The predicted molar refractivity (Wildman–Crippen MR) is 98.6 cm³/mol. The third-order valence-corrected chi connectivity index (χ3v) is 3.53. The number of hydrogen-bond donors (Lipinski definition) is 2. The van der Waals surface area contributed by atoms with Crippen LogP contribution in [0.2, 0.25) is 0 Å². The Morgan fingerprint density at radius 2 is 1.92 bits per heavy atom. The first-order chi connectivity index (χ1) is 12.2. The summed E-state index contributed by atoms with van der Waals surface area (Å²) in [5, 5.41) is 8.92. The molecule has 1 amide bonds. The molecule has 1 heterocycles. The van der Waals surface area contributed by atoms with E-state index in [0.29, 0.717) is 5.71 Å². The Balaban J connectivity index is 1.48. The topological polar surface area (TPSA) is 78.8 Å². The van der Waals surface area contributed by atoms with Crippen LogP contribution in [0.25, 0.3) is 10.9 Å². The summed E-state index contributed by atoms with van der Waals surface area (Å²) < 4.78 is 0. The molecule has 0 aliphatic rings. The average molecular weight is 334 g/mol. The second-order valence-electron chi connectivity index (χ2n) is 5.42. The van der Waals surface area contributed by atoms with E-state index in [1.54, 1.807) is 6.21 Å². The van der Waals surface area contributed by atoms with Gasteiger partial charge in [0.25, 0.3) is 5.91 Å². The highest BCUT2D eigenvalue weighted by Gasteiger charge is 2.01. The summed E-state index contributed by atoms with van der Waals surface area (Å²) in [5.74, 6) is -0.378. The van der Waals surface area contributed by atoms with Crippen LogP contribution in [0, 0.1) is 0 Å². The Labute approximate surface area is 145 Å². The molecule has 0 saturated heterocycles. The van der Waals surface area contributed by atoms with Crippen molar-refractivity contribution in [2.75, 3.05) is 6.61 Å². The first kappa shape index (κ1) is 16.4. The van der Waals surface area contributed by atoms with Crippen LogP contribution in [-0.2, 0) is 9.63 Å². The van der Waals surface area contributed by atoms with Gasteiger partial charge in [0.05, 0.1) is 17.6 Å². The number of rotatable bonds is 6. The van der Waals surface area contributed by atoms with E-state index in [9.17, 15) is 4.79 Å². The van der Waals surface area contributed by atoms with Gasteiger partial charge in [0.2, 0.25) is 0 Å². The summed E-state index contributed by atoms with van der Waals surface area (Å²) >= 11 is 0. The highest BCUT2D eigenvalue weighted by molar-refractivity contribution is 5.98. The van der Waals surface area contributed by atoms with Crippen LogP contribution < -0.4 is 5.43 Å². The fourth-order valence-corrected chi connectivity index (χ4v) is 2.29. The highest BCUT2D eigenvalue weighted by Crippen LogP contribution is 2.13. The van der Waals surface area contributed by atoms with Crippen LogP contribution in [0.1, 0.15) is 18.2 Å². The molecule has 25 heavy (non-hydrogen) atoms. The quantitative estimate of drug-likeness (QED) is 0.537. The van der Waals surface area contributed by atoms with Gasteiger partial charge in [-0.05, 0) is 24.6 Å². The lowest BCUT2D eigenvalue weighted by atomic mass is 10.1. The van der Waals surface area contributed by atoms with Gasteiger partial charge in [0.15, 0.2) is 6.61 Å². The van der Waals surface area contributed by atoms with Crippen molar-refractivity contribution in [1.29, 1.82) is 0 Å². The highest BCUT2D eigenvalue weighted by atomic mass is 16.6. The molecule has 3 rings (SSSR count). The number of hydrogen-bond acceptors (Lipinski definition) is 4. The van der Waals surface area contributed by atoms with Crippen LogP contribution >= 0.6 is 0 Å². The van der Waals surface area contributed by atoms with E-state index in [-0.39, 0.29) is 12.5 Å². The van der Waals surface area contributed by atoms with Crippen LogP contribution in [0.3, 0.4) is 0 Å². The number of aromatic amines is 1. The molecule has 0 saturated carbocycles. The van der Waals surface area contributed by atoms with E-state index in [1.165, 1.54) is 0 Å². The molecule has 2 aromatic carbocycles. The zero-order chi connectivity index (χ0) is 17.5. The fourth-order valence-electron chi connectivity index (χ4n) is 2.29. The number of fused-ring (bicyclic) bond motifs is 1. The van der Waals surface area contributed by atoms with Crippen LogP contribution in [0.5, 0.6) is 0 Å². The summed E-state index contributed by atoms with van der Waals surface area (Å²) in [6.07, 6.45) is 1.55. The molecule has 0 radical (unpaired) electrons. The van der Waals surface area contributed by atoms with E-state index in [4.69, 9.17) is 4.84 Å². The van der Waals surface area contributed by atoms with Gasteiger partial charge in [0.1, 0.15) is 0 Å². The first-order valence-corrected chi connectivity index (χ1v) is 7.84. The molecule has 0 aliphatic heterocycles. The number of oxime groups is 1. The molecule has 1 aromatic heterocycles. The zero-order valence-electron chi connectivity index (χ0n) is 13.8. The molecule has 0 aliphatic carbocycles. The molecule has 6 heteroatoms. The molecule has 0 unspecified atom stereocenters. The molecule has 0 fully saturated rings. The van der Waals surface area contributed by atoms with Gasteiger partial charge in [-0.1, -0.05) is 53.7 Å². The number of amides is 1. The second-order valence-corrected chi connectivity index (χ2v) is 5.42. The molecule has 126 valence electrons. The summed E-state index contributed by atoms with van der Waals surface area (Å²) in [6, 6.07) is 19.5. The van der Waals surface area contributed by atoms with Gasteiger partial charge < -0.3 is 9.82 Å². The minimum Gasteiger partial charge on any atom is -0.385 e. The van der Waals surface area contributed by atoms with Crippen molar-refractivity contribution in [2.24, 2.45) is 10.3 Å². The number of benzene rings is 2. The largest absolute Gasteiger partial charge is 0.385 e. The van der Waals surface area contributed by atoms with Gasteiger partial charge >= 0.3 is 0 Å². The predicted octanol–water partition coefficient (Wildman–Crippen LogP) is 3.06. The zero-order valence-corrected chi connectivity index (χ0v) is 13.8. The fraction of sp³-hybridized carbons (Fsp3) is 0.105. The van der Waals surface area contributed by atoms with E-state index in [1.807, 2.05) is 67.6 Å². The normalized spacial score (nSPS) is 11.8. The van der Waals surface area contributed by atoms with Crippen molar-refractivity contribution < 1.29 is 9.63 Å². The Morgan fingerprint density at radius 3 is 2.72 bits per heavy atom. The maximum atomic E-state index is 11.7. The Hall–Kier alpha value is -3.41. The average Bonchev–Trinajstić information content (AvgIpc) is 3.05. The SMILES string of the molecule is C/C(=N\OCC(=O)N/N=C/c1cc2ccccc2[nH]1)c1ccccc1. The summed E-state index contributed by atoms with van der Waals surface area (Å²) in [4.78, 5) is 19.9. The van der Waals surface area contributed by atoms with Crippen molar-refractivity contribution in [3.8, 4) is 0 Å². The number of hydrazone groups is 1. The maximum absolute atomic E-state index is 11.7. The van der Waals surface area contributed by atoms with Crippen molar-refractivity contribution in [1.82, 2.24) is 10.4 Å². The third-order valence-electron chi connectivity index (χ3n) is 3.53. The number of H-pyrrole nitrogens is 1. The van der Waals surface area contributed by atoms with Gasteiger partial charge in [-0.3, -0.25) is 4.79 Å². The van der Waals surface area contributed by atoms with Crippen molar-refractivity contribution in [3.05, 3.63) is 71.9 Å². The van der Waals surface area contributed by atoms with Gasteiger partial charge in [0, 0.05) is 10.9 Å². The summed E-state index contributed by atoms with van der Waals surface area (Å²) in [7, 11) is 0. The molecule has 6 nitrogen and oxygen atoms in total. The number of nitrogens with one attached hydrogen (secondary N) is 2. The molecular weight excluding hydrogens is 316 g/mol. The van der Waals surface area contributed by atoms with E-state index in [0.717, 1.165) is 22.2 Å². The number of nitrogens with zero attached hydrogens (tertiary/aromatic N) is 2. The molecule has 2 N–H and O–H groups in total. The van der Waals surface area contributed by atoms with Crippen molar-refractivity contribution in [2.45, 2.75) is 6.92 Å². The standard InChI is InChI=1S/C19H18N4O2/c1-14(15-7-3-2-4-8-15)23-25-13-19(24)22-20-12-17-11-16-9-5-6-10-18(16)21-17/h2-12,21H,13H2,1H3,(H,22,24)/b20-12+,23-14+. The minimum absolute atomic E-state index is 0.200. The van der Waals surface area contributed by atoms with Crippen LogP contribution in [-0.4, -0.2) is 29.4 Å². The summed E-state index contributed by atoms with van der Waals surface area (Å²) in [6.45, 7) is 1.62. The van der Waals surface area contributed by atoms with E-state index < -0.39 is 0 Å². The van der Waals surface area contributed by atoms with E-state index >= 15 is 0 Å². The number of carbonyl (C=O) groups excluding carboxylic acids is 1. The van der Waals surface area contributed by atoms with Gasteiger partial charge in [-0.15, -0.1) is 0 Å². The van der Waals surface area contributed by atoms with Crippen LogP contribution in [0.15, 0.2) is 70.9 Å². The minimum atomic E-state index is -0.378. The molecule has 3 aromatic rings.